The molecule has 12 nitrogen and oxygen atoms in total. The highest BCUT2D eigenvalue weighted by atomic mass is 16.5. The first-order valence-corrected chi connectivity index (χ1v) is 19.4. The Morgan fingerprint density at radius 2 is 0.980 bits per heavy atom. The lowest BCUT2D eigenvalue weighted by atomic mass is 9.93. The van der Waals surface area contributed by atoms with Gasteiger partial charge in [-0.15, -0.1) is 0 Å². The Hall–Kier alpha value is -2.54. The van der Waals surface area contributed by atoms with E-state index in [-0.39, 0.29) is 81.5 Å². The quantitative estimate of drug-likeness (QED) is 0.0672. The Balaban J connectivity index is 3.42. The highest BCUT2D eigenvalue weighted by Crippen LogP contribution is 2.15. The maximum atomic E-state index is 12.1. The van der Waals surface area contributed by atoms with Gasteiger partial charge >= 0.3 is 5.97 Å². The van der Waals surface area contributed by atoms with Crippen LogP contribution in [0.4, 0.5) is 0 Å². The van der Waals surface area contributed by atoms with Crippen LogP contribution in [0.5, 0.6) is 0 Å². The van der Waals surface area contributed by atoms with Gasteiger partial charge in [-0.3, -0.25) is 24.0 Å². The third-order valence-corrected chi connectivity index (χ3v) is 8.54. The molecule has 2 N–H and O–H groups in total. The van der Waals surface area contributed by atoms with Gasteiger partial charge in [0.1, 0.15) is 30.6 Å². The van der Waals surface area contributed by atoms with E-state index in [9.17, 15) is 28.8 Å². The number of carbonyl (C=O) groups is 6. The molecule has 0 aromatic carbocycles. The molecule has 1 amide bonds. The van der Waals surface area contributed by atoms with Gasteiger partial charge in [0.05, 0.1) is 33.0 Å². The summed E-state index contributed by atoms with van der Waals surface area (Å²) < 4.78 is 21.5. The number of carboxylic acids is 1. The fourth-order valence-electron chi connectivity index (χ4n) is 5.48. The summed E-state index contributed by atoms with van der Waals surface area (Å²) in [5.74, 6) is -1.42. The zero-order valence-corrected chi connectivity index (χ0v) is 31.8. The van der Waals surface area contributed by atoms with Crippen molar-refractivity contribution in [2.24, 2.45) is 5.92 Å². The lowest BCUT2D eigenvalue weighted by Crippen LogP contribution is -2.31. The fraction of sp³-hybridized carbons (Fsp3) is 0.846. The van der Waals surface area contributed by atoms with Crippen LogP contribution in [0, 0.1) is 5.92 Å². The van der Waals surface area contributed by atoms with Crippen LogP contribution in [0.2, 0.25) is 0 Å². The minimum Gasteiger partial charge on any atom is -0.481 e. The zero-order chi connectivity index (χ0) is 37.8. The van der Waals surface area contributed by atoms with E-state index in [1.165, 1.54) is 71.6 Å². The molecule has 296 valence electrons. The molecule has 0 aromatic heterocycles. The van der Waals surface area contributed by atoms with E-state index in [4.69, 9.17) is 24.1 Å². The zero-order valence-electron chi connectivity index (χ0n) is 31.8. The lowest BCUT2D eigenvalue weighted by Gasteiger charge is -2.12. The number of Topliss-reactive ketones (excluding diaryl/α,β-unsaturated/α-hetero) is 4. The summed E-state index contributed by atoms with van der Waals surface area (Å²) in [7, 11) is 0. The smallest absolute Gasteiger partial charge is 0.303 e. The van der Waals surface area contributed by atoms with Crippen molar-refractivity contribution in [2.75, 3.05) is 59.4 Å². The maximum absolute atomic E-state index is 12.1. The summed E-state index contributed by atoms with van der Waals surface area (Å²) in [6, 6.07) is 0. The predicted octanol–water partition coefficient (Wildman–Crippen LogP) is 6.38. The number of hydrogen-bond donors (Lipinski definition) is 2. The highest BCUT2D eigenvalue weighted by molar-refractivity contribution is 5.87. The largest absolute Gasteiger partial charge is 0.481 e. The third-order valence-electron chi connectivity index (χ3n) is 8.54. The van der Waals surface area contributed by atoms with Gasteiger partial charge in [0.2, 0.25) is 5.91 Å². The third kappa shape index (κ3) is 37.0. The molecule has 0 rings (SSSR count). The summed E-state index contributed by atoms with van der Waals surface area (Å²) in [4.78, 5) is 69.3. The second kappa shape index (κ2) is 35.8. The fourth-order valence-corrected chi connectivity index (χ4v) is 5.48. The van der Waals surface area contributed by atoms with Gasteiger partial charge in [0, 0.05) is 51.2 Å². The number of unbranched alkanes of at least 4 members (excludes halogenated alkanes) is 13. The minimum atomic E-state index is -0.692. The van der Waals surface area contributed by atoms with Gasteiger partial charge in [-0.05, 0) is 39.5 Å². The van der Waals surface area contributed by atoms with Crippen molar-refractivity contribution in [3.05, 3.63) is 0 Å². The van der Waals surface area contributed by atoms with Crippen molar-refractivity contribution in [3.63, 3.8) is 0 Å². The molecule has 0 saturated heterocycles. The standard InChI is InChI=1S/C39H69NO11/c1-33(41)21-22-35(34(2)42)30-37(44)31-50-28-27-49-25-23-40-38(45)32-51-29-26-48-24-17-19-36(43)18-15-13-11-9-7-5-3-4-6-8-10-12-14-16-20-39(46)47/h35H,3-32H2,1-2H3,(H,40,45)(H,46,47)/t35-/m1/s1. The van der Waals surface area contributed by atoms with Crippen molar-refractivity contribution in [1.82, 2.24) is 5.32 Å². The highest BCUT2D eigenvalue weighted by Gasteiger charge is 2.19. The Kier molecular flexibility index (Phi) is 34.1. The first kappa shape index (κ1) is 48.5. The van der Waals surface area contributed by atoms with E-state index in [2.05, 4.69) is 5.32 Å². The molecule has 51 heavy (non-hydrogen) atoms. The summed E-state index contributed by atoms with van der Waals surface area (Å²) in [5, 5.41) is 11.3. The second-order valence-electron chi connectivity index (χ2n) is 13.5. The average molecular weight is 728 g/mol. The molecule has 0 aromatic rings. The van der Waals surface area contributed by atoms with Gasteiger partial charge in [0.15, 0.2) is 5.78 Å². The molecule has 0 aliphatic carbocycles. The SMILES string of the molecule is CC(=O)CC[C@H](CC(=O)COCCOCCNC(=O)COCCOCCCC(=O)CCCCCCCCCCCCCCCCC(=O)O)C(C)=O. The van der Waals surface area contributed by atoms with Crippen LogP contribution in [0.3, 0.4) is 0 Å². The van der Waals surface area contributed by atoms with Crippen LogP contribution in [-0.4, -0.2) is 99.5 Å². The molecule has 0 spiro atoms. The minimum absolute atomic E-state index is 0.00777. The summed E-state index contributed by atoms with van der Waals surface area (Å²) in [6.45, 7) is 4.88. The molecule has 1 atom stereocenters. The molecule has 0 aliphatic rings. The maximum Gasteiger partial charge on any atom is 0.303 e. The summed E-state index contributed by atoms with van der Waals surface area (Å²) in [6.07, 6.45) is 19.3. The van der Waals surface area contributed by atoms with Crippen molar-refractivity contribution in [3.8, 4) is 0 Å². The van der Waals surface area contributed by atoms with E-state index in [1.54, 1.807) is 0 Å². The number of ether oxygens (including phenoxy) is 4. The predicted molar refractivity (Wildman–Crippen MR) is 196 cm³/mol. The number of aliphatic carboxylic acids is 1. The van der Waals surface area contributed by atoms with Crippen molar-refractivity contribution in [2.45, 2.75) is 149 Å². The second-order valence-corrected chi connectivity index (χ2v) is 13.5. The Morgan fingerprint density at radius 1 is 0.510 bits per heavy atom. The van der Waals surface area contributed by atoms with E-state index < -0.39 is 11.9 Å². The number of hydrogen-bond acceptors (Lipinski definition) is 10. The van der Waals surface area contributed by atoms with Crippen molar-refractivity contribution >= 4 is 35.0 Å². The summed E-state index contributed by atoms with van der Waals surface area (Å²) in [5.41, 5.74) is 0. The average Bonchev–Trinajstić information content (AvgIpc) is 3.08. The van der Waals surface area contributed by atoms with Gasteiger partial charge in [-0.25, -0.2) is 0 Å². The Bertz CT molecular complexity index is 940. The molecule has 0 bridgehead atoms. The number of carbonyl (C=O) groups excluding carboxylic acids is 5. The van der Waals surface area contributed by atoms with Crippen LogP contribution in [0.15, 0.2) is 0 Å². The Labute approximate surface area is 306 Å². The van der Waals surface area contributed by atoms with Gasteiger partial charge in [-0.1, -0.05) is 77.0 Å². The number of carboxylic acid groups (broad SMARTS) is 1. The number of rotatable bonds is 40. The molecular weight excluding hydrogens is 658 g/mol. The van der Waals surface area contributed by atoms with Crippen LogP contribution in [-0.2, 0) is 47.7 Å². The topological polar surface area (TPSA) is 172 Å². The first-order valence-electron chi connectivity index (χ1n) is 19.4. The van der Waals surface area contributed by atoms with Crippen LogP contribution < -0.4 is 5.32 Å². The molecule has 0 heterocycles. The van der Waals surface area contributed by atoms with Crippen molar-refractivity contribution < 1.29 is 52.8 Å². The van der Waals surface area contributed by atoms with Gasteiger partial charge < -0.3 is 34.2 Å². The van der Waals surface area contributed by atoms with E-state index in [1.807, 2.05) is 0 Å². The summed E-state index contributed by atoms with van der Waals surface area (Å²) >= 11 is 0. The van der Waals surface area contributed by atoms with E-state index in [0.717, 1.165) is 32.1 Å². The van der Waals surface area contributed by atoms with Crippen molar-refractivity contribution in [1.29, 1.82) is 0 Å². The number of nitrogens with one attached hydrogen (secondary N) is 1. The molecular formula is C39H69NO11. The molecule has 0 aliphatic heterocycles. The van der Waals surface area contributed by atoms with Crippen LogP contribution >= 0.6 is 0 Å². The Morgan fingerprint density at radius 3 is 1.51 bits per heavy atom. The van der Waals surface area contributed by atoms with Crippen LogP contribution in [0.25, 0.3) is 0 Å². The number of amides is 1. The molecule has 12 heteroatoms. The number of ketones is 4. The monoisotopic (exact) mass is 727 g/mol. The van der Waals surface area contributed by atoms with E-state index in [0.29, 0.717) is 51.9 Å². The van der Waals surface area contributed by atoms with E-state index >= 15 is 0 Å². The van der Waals surface area contributed by atoms with Gasteiger partial charge in [0.25, 0.3) is 0 Å². The molecule has 0 radical (unpaired) electrons. The molecule has 0 fully saturated rings. The molecule has 0 unspecified atom stereocenters. The lowest BCUT2D eigenvalue weighted by molar-refractivity contribution is -0.137. The van der Waals surface area contributed by atoms with Gasteiger partial charge in [-0.2, -0.15) is 0 Å². The van der Waals surface area contributed by atoms with Crippen LogP contribution in [0.1, 0.15) is 149 Å². The normalized spacial score (nSPS) is 11.7. The first-order chi connectivity index (χ1) is 24.6. The molecule has 0 saturated carbocycles.